The van der Waals surface area contributed by atoms with E-state index in [1.807, 2.05) is 7.05 Å². The average Bonchev–Trinajstić information content (AvgIpc) is 2.46. The van der Waals surface area contributed by atoms with Gasteiger partial charge >= 0.3 is 0 Å². The smallest absolute Gasteiger partial charge is 0.254 e. The van der Waals surface area contributed by atoms with Crippen molar-refractivity contribution in [3.05, 3.63) is 22.8 Å². The molecule has 1 N–H and O–H groups in total. The van der Waals surface area contributed by atoms with E-state index in [1.165, 1.54) is 0 Å². The van der Waals surface area contributed by atoms with Crippen molar-refractivity contribution >= 4 is 23.3 Å². The van der Waals surface area contributed by atoms with Gasteiger partial charge in [-0.25, -0.2) is 4.98 Å². The second kappa shape index (κ2) is 6.21. The first kappa shape index (κ1) is 14.1. The zero-order chi connectivity index (χ0) is 13.8. The molecule has 0 radical (unpaired) electrons. The molecule has 0 bridgehead atoms. The van der Waals surface area contributed by atoms with Gasteiger partial charge in [0.05, 0.1) is 0 Å². The number of pyridine rings is 1. The Morgan fingerprint density at radius 3 is 2.79 bits per heavy atom. The van der Waals surface area contributed by atoms with Crippen LogP contribution in [0.4, 0.5) is 5.82 Å². The van der Waals surface area contributed by atoms with Crippen LogP contribution in [0.1, 0.15) is 23.2 Å². The summed E-state index contributed by atoms with van der Waals surface area (Å²) in [6.07, 6.45) is 1.75. The summed E-state index contributed by atoms with van der Waals surface area (Å²) in [6.45, 7) is 1.42. The molecule has 0 saturated carbocycles. The molecule has 1 aliphatic heterocycles. The number of hydrogen-bond acceptors (Lipinski definition) is 4. The zero-order valence-corrected chi connectivity index (χ0v) is 11.9. The standard InChI is InChI=1S/C13H18ClN3O2/c1-15-12-8-9(7-11(14)16-12)13(18)17(2)10-3-5-19-6-4-10/h7-8,10H,3-6H2,1-2H3,(H,15,16). The molecule has 0 aromatic carbocycles. The van der Waals surface area contributed by atoms with Crippen molar-refractivity contribution in [2.75, 3.05) is 32.6 Å². The molecule has 1 aromatic heterocycles. The van der Waals surface area contributed by atoms with Crippen LogP contribution in [-0.4, -0.2) is 49.1 Å². The molecule has 6 heteroatoms. The summed E-state index contributed by atoms with van der Waals surface area (Å²) in [6, 6.07) is 3.54. The molecule has 2 rings (SSSR count). The number of rotatable bonds is 3. The molecule has 0 spiro atoms. The van der Waals surface area contributed by atoms with Gasteiger partial charge in [0, 0.05) is 38.9 Å². The predicted octanol–water partition coefficient (Wildman–Crippen LogP) is 2.03. The topological polar surface area (TPSA) is 54.5 Å². The third kappa shape index (κ3) is 3.36. The highest BCUT2D eigenvalue weighted by Crippen LogP contribution is 2.19. The highest BCUT2D eigenvalue weighted by molar-refractivity contribution is 6.29. The fourth-order valence-corrected chi connectivity index (χ4v) is 2.40. The minimum Gasteiger partial charge on any atom is -0.381 e. The summed E-state index contributed by atoms with van der Waals surface area (Å²) in [5.41, 5.74) is 0.554. The Labute approximate surface area is 117 Å². The van der Waals surface area contributed by atoms with E-state index in [2.05, 4.69) is 10.3 Å². The van der Waals surface area contributed by atoms with Crippen molar-refractivity contribution in [2.45, 2.75) is 18.9 Å². The fourth-order valence-electron chi connectivity index (χ4n) is 2.19. The quantitative estimate of drug-likeness (QED) is 0.863. The molecule has 1 fully saturated rings. The van der Waals surface area contributed by atoms with Crippen molar-refractivity contribution in [3.63, 3.8) is 0 Å². The number of nitrogens with zero attached hydrogens (tertiary/aromatic N) is 2. The Bertz CT molecular complexity index is 461. The van der Waals surface area contributed by atoms with Crippen molar-refractivity contribution in [1.29, 1.82) is 0 Å². The van der Waals surface area contributed by atoms with Crippen LogP contribution in [-0.2, 0) is 4.74 Å². The molecular formula is C13H18ClN3O2. The number of halogens is 1. The number of ether oxygens (including phenoxy) is 1. The second-order valence-corrected chi connectivity index (χ2v) is 4.96. The van der Waals surface area contributed by atoms with E-state index in [0.717, 1.165) is 12.8 Å². The Hall–Kier alpha value is -1.33. The summed E-state index contributed by atoms with van der Waals surface area (Å²) in [7, 11) is 3.57. The van der Waals surface area contributed by atoms with Gasteiger partial charge in [-0.05, 0) is 25.0 Å². The largest absolute Gasteiger partial charge is 0.381 e. The Kier molecular flexibility index (Phi) is 4.61. The Morgan fingerprint density at radius 1 is 1.47 bits per heavy atom. The third-order valence-electron chi connectivity index (χ3n) is 3.36. The minimum absolute atomic E-state index is 0.0345. The van der Waals surface area contributed by atoms with Crippen molar-refractivity contribution in [2.24, 2.45) is 0 Å². The molecule has 1 aromatic rings. The average molecular weight is 284 g/mol. The summed E-state index contributed by atoms with van der Waals surface area (Å²) in [5.74, 6) is 0.559. The normalized spacial score (nSPS) is 16.2. The van der Waals surface area contributed by atoms with Gasteiger partial charge in [-0.3, -0.25) is 4.79 Å². The van der Waals surface area contributed by atoms with Gasteiger partial charge in [0.2, 0.25) is 0 Å². The van der Waals surface area contributed by atoms with Gasteiger partial charge in [-0.2, -0.15) is 0 Å². The van der Waals surface area contributed by atoms with Gasteiger partial charge in [-0.15, -0.1) is 0 Å². The highest BCUT2D eigenvalue weighted by atomic mass is 35.5. The molecule has 0 atom stereocenters. The number of carbonyl (C=O) groups excluding carboxylic acids is 1. The van der Waals surface area contributed by atoms with E-state index in [1.54, 1.807) is 24.1 Å². The first-order valence-electron chi connectivity index (χ1n) is 6.32. The first-order chi connectivity index (χ1) is 9.11. The van der Waals surface area contributed by atoms with Gasteiger partial charge in [0.25, 0.3) is 5.91 Å². The lowest BCUT2D eigenvalue weighted by Crippen LogP contribution is -2.40. The predicted molar refractivity (Wildman–Crippen MR) is 74.7 cm³/mol. The van der Waals surface area contributed by atoms with Crippen LogP contribution in [0.5, 0.6) is 0 Å². The SMILES string of the molecule is CNc1cc(C(=O)N(C)C2CCOCC2)cc(Cl)n1. The molecule has 104 valence electrons. The summed E-state index contributed by atoms with van der Waals surface area (Å²) in [4.78, 5) is 18.3. The second-order valence-electron chi connectivity index (χ2n) is 4.57. The number of anilines is 1. The molecule has 1 saturated heterocycles. The molecule has 2 heterocycles. The summed E-state index contributed by atoms with van der Waals surface area (Å²) < 4.78 is 5.31. The molecule has 1 amide bonds. The first-order valence-corrected chi connectivity index (χ1v) is 6.70. The van der Waals surface area contributed by atoms with Crippen molar-refractivity contribution < 1.29 is 9.53 Å². The van der Waals surface area contributed by atoms with Gasteiger partial charge in [0.15, 0.2) is 0 Å². The van der Waals surface area contributed by atoms with Crippen LogP contribution >= 0.6 is 11.6 Å². The van der Waals surface area contributed by atoms with E-state index in [9.17, 15) is 4.79 Å². The maximum absolute atomic E-state index is 12.4. The molecule has 19 heavy (non-hydrogen) atoms. The van der Waals surface area contributed by atoms with Crippen molar-refractivity contribution in [1.82, 2.24) is 9.88 Å². The van der Waals surface area contributed by atoms with E-state index >= 15 is 0 Å². The van der Waals surface area contributed by atoms with Gasteiger partial charge in [0.1, 0.15) is 11.0 Å². The third-order valence-corrected chi connectivity index (χ3v) is 3.55. The van der Waals surface area contributed by atoms with Crippen LogP contribution in [0, 0.1) is 0 Å². The lowest BCUT2D eigenvalue weighted by atomic mass is 10.1. The number of amides is 1. The number of nitrogens with one attached hydrogen (secondary N) is 1. The number of aromatic nitrogens is 1. The van der Waals surface area contributed by atoms with Crippen LogP contribution in [0.25, 0.3) is 0 Å². The van der Waals surface area contributed by atoms with Crippen LogP contribution in [0.3, 0.4) is 0 Å². The van der Waals surface area contributed by atoms with E-state index < -0.39 is 0 Å². The molecule has 1 aliphatic rings. The Balaban J connectivity index is 2.15. The van der Waals surface area contributed by atoms with Gasteiger partial charge in [-0.1, -0.05) is 11.6 Å². The van der Waals surface area contributed by atoms with Gasteiger partial charge < -0.3 is 15.0 Å². The highest BCUT2D eigenvalue weighted by Gasteiger charge is 2.23. The van der Waals surface area contributed by atoms with E-state index in [-0.39, 0.29) is 11.9 Å². The Morgan fingerprint density at radius 2 is 2.16 bits per heavy atom. The van der Waals surface area contributed by atoms with Crippen molar-refractivity contribution in [3.8, 4) is 0 Å². The van der Waals surface area contributed by atoms with Crippen LogP contribution < -0.4 is 5.32 Å². The van der Waals surface area contributed by atoms with E-state index in [0.29, 0.717) is 29.7 Å². The lowest BCUT2D eigenvalue weighted by molar-refractivity contribution is 0.0362. The molecule has 0 unspecified atom stereocenters. The summed E-state index contributed by atoms with van der Waals surface area (Å²) in [5, 5.41) is 3.21. The van der Waals surface area contributed by atoms with E-state index in [4.69, 9.17) is 16.3 Å². The van der Waals surface area contributed by atoms with Crippen LogP contribution in [0.15, 0.2) is 12.1 Å². The minimum atomic E-state index is -0.0345. The maximum Gasteiger partial charge on any atom is 0.254 e. The lowest BCUT2D eigenvalue weighted by Gasteiger charge is -2.31. The zero-order valence-electron chi connectivity index (χ0n) is 11.1. The maximum atomic E-state index is 12.4. The number of hydrogen-bond donors (Lipinski definition) is 1. The molecule has 0 aliphatic carbocycles. The summed E-state index contributed by atoms with van der Waals surface area (Å²) >= 11 is 5.92. The molecular weight excluding hydrogens is 266 g/mol. The van der Waals surface area contributed by atoms with Crippen LogP contribution in [0.2, 0.25) is 5.15 Å². The fraction of sp³-hybridized carbons (Fsp3) is 0.538. The monoisotopic (exact) mass is 283 g/mol. The number of carbonyl (C=O) groups is 1. The molecule has 5 nitrogen and oxygen atoms in total.